The molecule has 2 aromatic carbocycles. The topological polar surface area (TPSA) is 90.5 Å². The maximum Gasteiger partial charge on any atom is 0.250 e. The molecule has 0 saturated heterocycles. The molecular weight excluding hydrogens is 436 g/mol. The van der Waals surface area contributed by atoms with Gasteiger partial charge >= 0.3 is 0 Å². The van der Waals surface area contributed by atoms with Crippen molar-refractivity contribution in [2.45, 2.75) is 49.2 Å². The van der Waals surface area contributed by atoms with Crippen LogP contribution in [0.15, 0.2) is 53.4 Å². The largest absolute Gasteiger partial charge is 0.348 e. The van der Waals surface area contributed by atoms with Crippen molar-refractivity contribution < 1.29 is 14.4 Å². The number of hydrogen-bond donors (Lipinski definition) is 3. The summed E-state index contributed by atoms with van der Waals surface area (Å²) in [5, 5.41) is 8.88. The zero-order chi connectivity index (χ0) is 23.4. The highest BCUT2D eigenvalue weighted by molar-refractivity contribution is 7.99. The van der Waals surface area contributed by atoms with Crippen LogP contribution in [-0.4, -0.2) is 49.2 Å². The number of carbonyl (C=O) groups excluding carboxylic acids is 3. The van der Waals surface area contributed by atoms with Gasteiger partial charge in [0.1, 0.15) is 12.6 Å². The molecule has 0 saturated carbocycles. The molecule has 0 bridgehead atoms. The Hall–Kier alpha value is -2.84. The van der Waals surface area contributed by atoms with Gasteiger partial charge in [-0.2, -0.15) is 0 Å². The second kappa shape index (κ2) is 10.4. The van der Waals surface area contributed by atoms with E-state index in [0.717, 1.165) is 29.7 Å². The van der Waals surface area contributed by atoms with E-state index in [0.29, 0.717) is 11.4 Å². The molecular formula is C25H30N4O3S. The molecule has 174 valence electrons. The third kappa shape index (κ3) is 5.23. The zero-order valence-corrected chi connectivity index (χ0v) is 19.8. The highest BCUT2D eigenvalue weighted by atomic mass is 32.2. The van der Waals surface area contributed by atoms with Gasteiger partial charge in [0.05, 0.1) is 17.8 Å². The quantitative estimate of drug-likeness (QED) is 0.608. The van der Waals surface area contributed by atoms with Crippen molar-refractivity contribution in [3.05, 3.63) is 59.7 Å². The number of carbonyl (C=O) groups is 3. The van der Waals surface area contributed by atoms with Gasteiger partial charge in [-0.15, -0.1) is 11.8 Å². The van der Waals surface area contributed by atoms with Crippen LogP contribution in [-0.2, 0) is 20.8 Å². The fraction of sp³-hybridized carbons (Fsp3) is 0.400. The summed E-state index contributed by atoms with van der Waals surface area (Å²) >= 11 is 1.51. The van der Waals surface area contributed by atoms with Crippen LogP contribution in [0.5, 0.6) is 0 Å². The summed E-state index contributed by atoms with van der Waals surface area (Å²) in [6, 6.07) is 14.6. The van der Waals surface area contributed by atoms with Crippen LogP contribution in [0.4, 0.5) is 5.69 Å². The van der Waals surface area contributed by atoms with E-state index in [2.05, 4.69) is 28.1 Å². The Labute approximate surface area is 198 Å². The predicted octanol–water partition coefficient (Wildman–Crippen LogP) is 2.41. The molecule has 1 unspecified atom stereocenters. The van der Waals surface area contributed by atoms with Gasteiger partial charge in [-0.1, -0.05) is 36.4 Å². The van der Waals surface area contributed by atoms with E-state index in [1.165, 1.54) is 22.2 Å². The van der Waals surface area contributed by atoms with Crippen molar-refractivity contribution >= 4 is 35.2 Å². The third-order valence-electron chi connectivity index (χ3n) is 6.27. The molecule has 0 fully saturated rings. The number of hydrogen-bond acceptors (Lipinski definition) is 5. The van der Waals surface area contributed by atoms with Gasteiger partial charge in [-0.3, -0.25) is 14.4 Å². The number of nitrogens with one attached hydrogen (secondary N) is 3. The monoisotopic (exact) mass is 466 g/mol. The first kappa shape index (κ1) is 23.3. The molecule has 0 aromatic heterocycles. The molecule has 2 aromatic rings. The number of fused-ring (bicyclic) bond motifs is 2. The number of thioether (sulfide) groups is 1. The molecule has 3 amide bonds. The van der Waals surface area contributed by atoms with E-state index in [4.69, 9.17) is 0 Å². The number of aryl methyl sites for hydroxylation is 1. The highest BCUT2D eigenvalue weighted by Crippen LogP contribution is 2.34. The van der Waals surface area contributed by atoms with Crippen molar-refractivity contribution in [3.63, 3.8) is 0 Å². The van der Waals surface area contributed by atoms with E-state index in [9.17, 15) is 14.4 Å². The number of amides is 3. The van der Waals surface area contributed by atoms with Crippen LogP contribution in [0.25, 0.3) is 0 Å². The normalized spacial score (nSPS) is 20.8. The Morgan fingerprint density at radius 2 is 1.85 bits per heavy atom. The molecule has 1 heterocycles. The highest BCUT2D eigenvalue weighted by Gasteiger charge is 2.34. The first-order chi connectivity index (χ1) is 16.0. The van der Waals surface area contributed by atoms with E-state index in [-0.39, 0.29) is 30.3 Å². The molecule has 7 nitrogen and oxygen atoms in total. The Morgan fingerprint density at radius 3 is 2.67 bits per heavy atom. The summed E-state index contributed by atoms with van der Waals surface area (Å²) in [5.74, 6) is -0.319. The van der Waals surface area contributed by atoms with Crippen LogP contribution >= 0.6 is 11.8 Å². The number of anilines is 1. The fourth-order valence-corrected chi connectivity index (χ4v) is 5.41. The minimum atomic E-state index is -0.714. The van der Waals surface area contributed by atoms with Crippen LogP contribution in [0.1, 0.15) is 36.9 Å². The lowest BCUT2D eigenvalue weighted by molar-refractivity contribution is -0.128. The number of nitrogens with zero attached hydrogens (tertiary/aromatic N) is 1. The summed E-state index contributed by atoms with van der Waals surface area (Å²) in [6.07, 6.45) is 2.91. The number of benzene rings is 2. The first-order valence-corrected chi connectivity index (χ1v) is 12.3. The van der Waals surface area contributed by atoms with Crippen molar-refractivity contribution in [1.82, 2.24) is 16.0 Å². The molecule has 0 spiro atoms. The summed E-state index contributed by atoms with van der Waals surface area (Å²) in [6.45, 7) is 1.65. The number of para-hydroxylation sites is 1. The van der Waals surface area contributed by atoms with Crippen LogP contribution in [0, 0.1) is 0 Å². The second-order valence-electron chi connectivity index (χ2n) is 8.49. The van der Waals surface area contributed by atoms with Gasteiger partial charge in [0.25, 0.3) is 5.91 Å². The summed E-state index contributed by atoms with van der Waals surface area (Å²) in [4.78, 5) is 41.5. The van der Waals surface area contributed by atoms with Gasteiger partial charge in [0.15, 0.2) is 0 Å². The summed E-state index contributed by atoms with van der Waals surface area (Å²) in [7, 11) is 1.70. The minimum Gasteiger partial charge on any atom is -0.348 e. The van der Waals surface area contributed by atoms with Crippen LogP contribution in [0.2, 0.25) is 0 Å². The van der Waals surface area contributed by atoms with Crippen LogP contribution in [0.3, 0.4) is 0 Å². The van der Waals surface area contributed by atoms with E-state index >= 15 is 0 Å². The molecule has 2 aliphatic rings. The molecule has 4 rings (SSSR count). The van der Waals surface area contributed by atoms with E-state index < -0.39 is 12.1 Å². The van der Waals surface area contributed by atoms with Gasteiger partial charge < -0.3 is 20.9 Å². The lowest BCUT2D eigenvalue weighted by Gasteiger charge is -2.29. The maximum atomic E-state index is 13.5. The smallest absolute Gasteiger partial charge is 0.250 e. The number of likely N-dealkylation sites (N-methyl/N-ethyl adjacent to an activating group) is 1. The molecule has 3 N–H and O–H groups in total. The molecule has 33 heavy (non-hydrogen) atoms. The minimum absolute atomic E-state index is 0.0545. The molecule has 1 aliphatic carbocycles. The molecule has 3 atom stereocenters. The number of rotatable bonds is 6. The summed E-state index contributed by atoms with van der Waals surface area (Å²) in [5.41, 5.74) is 3.12. The first-order valence-electron chi connectivity index (χ1n) is 11.4. The Morgan fingerprint density at radius 1 is 1.09 bits per heavy atom. The fourth-order valence-electron chi connectivity index (χ4n) is 4.34. The average Bonchev–Trinajstić information content (AvgIpc) is 2.96. The van der Waals surface area contributed by atoms with Gasteiger partial charge in [0.2, 0.25) is 11.8 Å². The van der Waals surface area contributed by atoms with Crippen molar-refractivity contribution in [1.29, 1.82) is 0 Å². The molecule has 1 aliphatic heterocycles. The van der Waals surface area contributed by atoms with Crippen molar-refractivity contribution in [2.75, 3.05) is 24.2 Å². The lowest BCUT2D eigenvalue weighted by atomic mass is 9.88. The van der Waals surface area contributed by atoms with Gasteiger partial charge in [-0.25, -0.2) is 0 Å². The van der Waals surface area contributed by atoms with Gasteiger partial charge in [0, 0.05) is 10.6 Å². The van der Waals surface area contributed by atoms with E-state index in [1.54, 1.807) is 14.0 Å². The zero-order valence-electron chi connectivity index (χ0n) is 19.0. The molecule has 0 radical (unpaired) electrons. The van der Waals surface area contributed by atoms with Crippen molar-refractivity contribution in [2.24, 2.45) is 0 Å². The van der Waals surface area contributed by atoms with E-state index in [1.807, 2.05) is 36.4 Å². The Kier molecular flexibility index (Phi) is 7.35. The van der Waals surface area contributed by atoms with Gasteiger partial charge in [-0.05, 0) is 56.5 Å². The lowest BCUT2D eigenvalue weighted by Crippen LogP contribution is -2.54. The Bertz CT molecular complexity index is 1040. The predicted molar refractivity (Wildman–Crippen MR) is 130 cm³/mol. The third-order valence-corrected chi connectivity index (χ3v) is 7.43. The standard InChI is InChI=1S/C25H30N4O3S/c1-16(26-2)24(31)28-20-15-33-22-13-6-5-12-21(22)29(25(20)32)14-23(30)27-19-11-7-9-17-8-3-4-10-18(17)19/h3-6,8,10,12-13,16,19-20,26H,7,9,11,14-15H2,1-2H3,(H,27,30)(H,28,31)/t16-,19?,20+/m0/s1. The molecule has 8 heteroatoms. The Balaban J connectivity index is 1.53. The average molecular weight is 467 g/mol. The maximum absolute atomic E-state index is 13.5. The second-order valence-corrected chi connectivity index (χ2v) is 9.55. The van der Waals surface area contributed by atoms with Crippen LogP contribution < -0.4 is 20.9 Å². The van der Waals surface area contributed by atoms with Crippen molar-refractivity contribution in [3.8, 4) is 0 Å². The summed E-state index contributed by atoms with van der Waals surface area (Å²) < 4.78 is 0. The SMILES string of the molecule is CN[C@@H](C)C(=O)N[C@@H]1CSc2ccccc2N(CC(=O)NC2CCCc3ccccc32)C1=O.